The molecule has 27 heavy (non-hydrogen) atoms. The number of nitrogens with zero attached hydrogens (tertiary/aromatic N) is 1. The number of rotatable bonds is 6. The van der Waals surface area contributed by atoms with Crippen LogP contribution in [0.25, 0.3) is 0 Å². The number of amides is 2. The quantitative estimate of drug-likeness (QED) is 0.751. The van der Waals surface area contributed by atoms with Crippen LogP contribution in [0.4, 0.5) is 5.69 Å². The zero-order valence-electron chi connectivity index (χ0n) is 15.2. The Morgan fingerprint density at radius 1 is 1.52 bits per heavy atom. The van der Waals surface area contributed by atoms with Gasteiger partial charge in [-0.3, -0.25) is 14.6 Å². The Kier molecular flexibility index (Phi) is 6.62. The molecule has 2 N–H and O–H groups in total. The molecule has 3 rings (SSSR count). The van der Waals surface area contributed by atoms with E-state index in [2.05, 4.69) is 15.6 Å². The van der Waals surface area contributed by atoms with Crippen LogP contribution in [0.3, 0.4) is 0 Å². The lowest BCUT2D eigenvalue weighted by atomic mass is 10.2. The summed E-state index contributed by atoms with van der Waals surface area (Å²) in [7, 11) is 1.51. The highest BCUT2D eigenvalue weighted by Gasteiger charge is 2.32. The van der Waals surface area contributed by atoms with Crippen LogP contribution in [0.1, 0.15) is 24.8 Å². The minimum Gasteiger partial charge on any atom is -0.495 e. The van der Waals surface area contributed by atoms with E-state index in [1.54, 1.807) is 12.1 Å². The molecule has 2 aliphatic heterocycles. The van der Waals surface area contributed by atoms with Gasteiger partial charge in [-0.2, -0.15) is 0 Å². The van der Waals surface area contributed by atoms with Crippen LogP contribution in [-0.2, 0) is 14.3 Å². The molecule has 0 bridgehead atoms. The summed E-state index contributed by atoms with van der Waals surface area (Å²) in [6.07, 6.45) is 2.20. The maximum Gasteiger partial charge on any atom is 0.240 e. The van der Waals surface area contributed by atoms with Gasteiger partial charge in [0.05, 0.1) is 25.4 Å². The van der Waals surface area contributed by atoms with Gasteiger partial charge >= 0.3 is 0 Å². The van der Waals surface area contributed by atoms with Crippen molar-refractivity contribution >= 4 is 46.0 Å². The Balaban J connectivity index is 1.57. The normalized spacial score (nSPS) is 23.5. The van der Waals surface area contributed by atoms with Crippen LogP contribution >= 0.6 is 23.4 Å². The molecule has 2 amide bonds. The third-order valence-electron chi connectivity index (χ3n) is 4.36. The summed E-state index contributed by atoms with van der Waals surface area (Å²) in [6.45, 7) is 3.14. The molecule has 0 spiro atoms. The second kappa shape index (κ2) is 8.95. The number of anilines is 1. The highest BCUT2D eigenvalue weighted by molar-refractivity contribution is 8.15. The zero-order chi connectivity index (χ0) is 19.4. The number of halogens is 1. The Morgan fingerprint density at radius 3 is 3.04 bits per heavy atom. The number of hydrogen-bond acceptors (Lipinski definition) is 6. The van der Waals surface area contributed by atoms with Gasteiger partial charge in [0.15, 0.2) is 5.17 Å². The molecule has 0 unspecified atom stereocenters. The van der Waals surface area contributed by atoms with Crippen molar-refractivity contribution in [1.82, 2.24) is 5.32 Å². The van der Waals surface area contributed by atoms with Gasteiger partial charge in [0.1, 0.15) is 11.0 Å². The van der Waals surface area contributed by atoms with Gasteiger partial charge in [0.25, 0.3) is 0 Å². The van der Waals surface area contributed by atoms with Gasteiger partial charge in [0.2, 0.25) is 11.8 Å². The molecule has 0 aliphatic carbocycles. The summed E-state index contributed by atoms with van der Waals surface area (Å²) < 4.78 is 10.8. The molecule has 0 saturated carbocycles. The number of aliphatic imine (C=N–C) groups is 1. The van der Waals surface area contributed by atoms with E-state index in [-0.39, 0.29) is 24.3 Å². The van der Waals surface area contributed by atoms with E-state index in [1.165, 1.54) is 18.9 Å². The van der Waals surface area contributed by atoms with Crippen molar-refractivity contribution < 1.29 is 19.1 Å². The Labute approximate surface area is 167 Å². The summed E-state index contributed by atoms with van der Waals surface area (Å²) in [5.41, 5.74) is 1.35. The third-order valence-corrected chi connectivity index (χ3v) is 5.89. The molecule has 146 valence electrons. The fourth-order valence-electron chi connectivity index (χ4n) is 2.89. The molecule has 9 heteroatoms. The number of carbonyl (C=O) groups is 2. The highest BCUT2D eigenvalue weighted by Crippen LogP contribution is 2.31. The van der Waals surface area contributed by atoms with Crippen molar-refractivity contribution in [2.75, 3.05) is 25.6 Å². The Morgan fingerprint density at radius 2 is 2.33 bits per heavy atom. The molecular formula is C18H22ClN3O4S. The number of benzene rings is 1. The molecule has 0 radical (unpaired) electrons. The first-order chi connectivity index (χ1) is 13.0. The summed E-state index contributed by atoms with van der Waals surface area (Å²) in [5.74, 6) is -0.00941. The number of nitrogens with one attached hydrogen (secondary N) is 2. The van der Waals surface area contributed by atoms with E-state index < -0.39 is 5.25 Å². The second-order valence-electron chi connectivity index (χ2n) is 6.43. The zero-order valence-corrected chi connectivity index (χ0v) is 16.8. The monoisotopic (exact) mass is 411 g/mol. The van der Waals surface area contributed by atoms with Crippen molar-refractivity contribution in [1.29, 1.82) is 0 Å². The maximum atomic E-state index is 12.4. The topological polar surface area (TPSA) is 89.0 Å². The van der Waals surface area contributed by atoms with Gasteiger partial charge in [0, 0.05) is 24.1 Å². The van der Waals surface area contributed by atoms with Crippen molar-refractivity contribution in [3.05, 3.63) is 22.7 Å². The predicted octanol–water partition coefficient (Wildman–Crippen LogP) is 2.75. The first kappa shape index (κ1) is 20.0. The second-order valence-corrected chi connectivity index (χ2v) is 8.03. The summed E-state index contributed by atoms with van der Waals surface area (Å²) in [6, 6.07) is 3.40. The van der Waals surface area contributed by atoms with Crippen molar-refractivity contribution in [3.63, 3.8) is 0 Å². The Bertz CT molecular complexity index is 765. The molecular weight excluding hydrogens is 390 g/mol. The van der Waals surface area contributed by atoms with Crippen LogP contribution in [0.2, 0.25) is 5.02 Å². The summed E-state index contributed by atoms with van der Waals surface area (Å²) >= 11 is 7.36. The number of hydrogen-bond donors (Lipinski definition) is 2. The van der Waals surface area contributed by atoms with Gasteiger partial charge in [-0.15, -0.1) is 0 Å². The van der Waals surface area contributed by atoms with E-state index in [4.69, 9.17) is 21.1 Å². The van der Waals surface area contributed by atoms with E-state index >= 15 is 0 Å². The molecule has 1 aromatic rings. The van der Waals surface area contributed by atoms with E-state index in [1.807, 2.05) is 6.92 Å². The fourth-order valence-corrected chi connectivity index (χ4v) is 4.02. The predicted molar refractivity (Wildman–Crippen MR) is 107 cm³/mol. The Hall–Kier alpha value is -1.77. The van der Waals surface area contributed by atoms with E-state index in [0.717, 1.165) is 25.0 Å². The number of ether oxygens (including phenoxy) is 2. The van der Waals surface area contributed by atoms with Crippen molar-refractivity contribution in [2.45, 2.75) is 37.5 Å². The van der Waals surface area contributed by atoms with Crippen molar-refractivity contribution in [3.8, 4) is 5.75 Å². The van der Waals surface area contributed by atoms with Crippen molar-refractivity contribution in [2.24, 2.45) is 4.99 Å². The average Bonchev–Trinajstić information content (AvgIpc) is 3.26. The first-order valence-electron chi connectivity index (χ1n) is 8.74. The molecule has 7 nitrogen and oxygen atoms in total. The van der Waals surface area contributed by atoms with Crippen LogP contribution in [0.15, 0.2) is 17.1 Å². The van der Waals surface area contributed by atoms with Crippen LogP contribution in [-0.4, -0.2) is 48.6 Å². The number of carbonyl (C=O) groups excluding carboxylic acids is 2. The van der Waals surface area contributed by atoms with E-state index in [0.29, 0.717) is 28.2 Å². The minimum atomic E-state index is -0.507. The van der Waals surface area contributed by atoms with Crippen LogP contribution < -0.4 is 15.4 Å². The standard InChI is InChI=1S/C18H22ClN3O4S/c1-10-6-13(14(25-2)7-12(10)19)21-16(23)8-15-17(24)22-18(27-15)20-9-11-4-3-5-26-11/h6-7,11,15H,3-5,8-9H2,1-2H3,(H,21,23)(H,20,22,24)/t11-,15-/m1/s1. The molecule has 2 heterocycles. The molecule has 2 fully saturated rings. The average molecular weight is 412 g/mol. The summed E-state index contributed by atoms with van der Waals surface area (Å²) in [4.78, 5) is 28.9. The first-order valence-corrected chi connectivity index (χ1v) is 9.99. The van der Waals surface area contributed by atoms with Gasteiger partial charge < -0.3 is 20.1 Å². The number of amidine groups is 1. The largest absolute Gasteiger partial charge is 0.495 e. The molecule has 2 atom stereocenters. The number of thioether (sulfide) groups is 1. The van der Waals surface area contributed by atoms with Gasteiger partial charge in [-0.1, -0.05) is 23.4 Å². The number of methoxy groups -OCH3 is 1. The van der Waals surface area contributed by atoms with Gasteiger partial charge in [-0.25, -0.2) is 0 Å². The fraction of sp³-hybridized carbons (Fsp3) is 0.500. The molecule has 2 saturated heterocycles. The van der Waals surface area contributed by atoms with E-state index in [9.17, 15) is 9.59 Å². The molecule has 0 aromatic heterocycles. The molecule has 2 aliphatic rings. The maximum absolute atomic E-state index is 12.4. The SMILES string of the molecule is COc1cc(Cl)c(C)cc1NC(=O)C[C@H]1SC(=NC[C@H]2CCCO2)NC1=O. The molecule has 1 aromatic carbocycles. The van der Waals surface area contributed by atoms with Crippen LogP contribution in [0.5, 0.6) is 5.75 Å². The number of aryl methyl sites for hydroxylation is 1. The van der Waals surface area contributed by atoms with Crippen LogP contribution in [0, 0.1) is 6.92 Å². The lowest BCUT2D eigenvalue weighted by Gasteiger charge is -2.13. The minimum absolute atomic E-state index is 0.0419. The smallest absolute Gasteiger partial charge is 0.240 e. The summed E-state index contributed by atoms with van der Waals surface area (Å²) in [5, 5.41) is 6.13. The van der Waals surface area contributed by atoms with Gasteiger partial charge in [-0.05, 0) is 31.4 Å². The lowest BCUT2D eigenvalue weighted by Crippen LogP contribution is -2.28. The highest BCUT2D eigenvalue weighted by atomic mass is 35.5. The third kappa shape index (κ3) is 5.15. The lowest BCUT2D eigenvalue weighted by molar-refractivity contribution is -0.122.